The maximum absolute atomic E-state index is 12.6. The number of aromatic nitrogens is 2. The second kappa shape index (κ2) is 7.28. The van der Waals surface area contributed by atoms with E-state index in [9.17, 15) is 17.2 Å². The minimum atomic E-state index is -4.56. The van der Waals surface area contributed by atoms with Crippen molar-refractivity contribution >= 4 is 15.5 Å². The number of benzene rings is 1. The summed E-state index contributed by atoms with van der Waals surface area (Å²) in [4.78, 5) is 8.20. The van der Waals surface area contributed by atoms with E-state index in [0.29, 0.717) is 11.7 Å². The molecule has 1 aromatic heterocycles. The van der Waals surface area contributed by atoms with Crippen molar-refractivity contribution in [3.63, 3.8) is 0 Å². The Morgan fingerprint density at radius 3 is 2.23 bits per heavy atom. The molecule has 7 nitrogen and oxygen atoms in total. The molecule has 26 heavy (non-hydrogen) atoms. The number of sulfone groups is 1. The van der Waals surface area contributed by atoms with Crippen LogP contribution >= 0.6 is 0 Å². The molecule has 0 amide bonds. The monoisotopic (exact) mass is 386 g/mol. The highest BCUT2D eigenvalue weighted by Gasteiger charge is 2.28. The van der Waals surface area contributed by atoms with Crippen molar-refractivity contribution in [1.29, 1.82) is 0 Å². The van der Waals surface area contributed by atoms with Gasteiger partial charge in [0, 0.05) is 31.9 Å². The summed E-state index contributed by atoms with van der Waals surface area (Å²) in [6.07, 6.45) is 0. The van der Waals surface area contributed by atoms with E-state index < -0.39 is 15.6 Å². The van der Waals surface area contributed by atoms with Gasteiger partial charge in [-0.3, -0.25) is 4.90 Å². The van der Waals surface area contributed by atoms with Crippen LogP contribution in [0.15, 0.2) is 33.7 Å². The van der Waals surface area contributed by atoms with Crippen LogP contribution in [0, 0.1) is 6.92 Å². The van der Waals surface area contributed by atoms with Crippen molar-refractivity contribution in [1.82, 2.24) is 15.0 Å². The fourth-order valence-corrected chi connectivity index (χ4v) is 3.68. The molecule has 0 spiro atoms. The van der Waals surface area contributed by atoms with Crippen LogP contribution in [0.2, 0.25) is 0 Å². The quantitative estimate of drug-likeness (QED) is 0.780. The topological polar surface area (TPSA) is 79.5 Å². The molecule has 1 atom stereocenters. The third-order valence-corrected chi connectivity index (χ3v) is 5.93. The van der Waals surface area contributed by atoms with Gasteiger partial charge < -0.3 is 9.42 Å². The van der Waals surface area contributed by atoms with Gasteiger partial charge in [-0.05, 0) is 38.1 Å². The Kier molecular flexibility index (Phi) is 5.24. The number of aryl methyl sites for hydroxylation is 1. The van der Waals surface area contributed by atoms with Gasteiger partial charge in [-0.15, -0.1) is 0 Å². The maximum Gasteiger partial charge on any atom is 0.341 e. The summed E-state index contributed by atoms with van der Waals surface area (Å²) in [7, 11) is -4.56. The van der Waals surface area contributed by atoms with E-state index in [1.54, 1.807) is 19.1 Å². The van der Waals surface area contributed by atoms with Gasteiger partial charge in [0.2, 0.25) is 15.7 Å². The zero-order chi connectivity index (χ0) is 18.9. The minimum absolute atomic E-state index is 0.0110. The summed E-state index contributed by atoms with van der Waals surface area (Å²) in [5.41, 5.74) is 0.805. The van der Waals surface area contributed by atoms with Crippen LogP contribution < -0.4 is 4.90 Å². The normalized spacial score (nSPS) is 17.7. The van der Waals surface area contributed by atoms with Crippen LogP contribution in [0.1, 0.15) is 24.7 Å². The summed E-state index contributed by atoms with van der Waals surface area (Å²) in [5.74, 6) is -2.23. The van der Waals surface area contributed by atoms with Gasteiger partial charge in [-0.25, -0.2) is 8.42 Å². The lowest BCUT2D eigenvalue weighted by Gasteiger charge is -2.38. The number of halogens is 2. The highest BCUT2D eigenvalue weighted by atomic mass is 32.2. The smallest absolute Gasteiger partial charge is 0.341 e. The standard InChI is InChI=1S/C16H20F2N4O3S/c1-11(15-19-12(2)20-25-15)21-7-9-22(10-8-21)13-3-5-14(6-4-13)26(23,24)16(17)18/h3-6,11,16H,7-10H2,1-2H3. The lowest BCUT2D eigenvalue weighted by atomic mass is 10.2. The number of rotatable bonds is 5. The summed E-state index contributed by atoms with van der Waals surface area (Å²) < 4.78 is 53.4. The van der Waals surface area contributed by atoms with Crippen molar-refractivity contribution in [3.8, 4) is 0 Å². The predicted molar refractivity (Wildman–Crippen MR) is 90.9 cm³/mol. The molecular weight excluding hydrogens is 366 g/mol. The Labute approximate surface area is 150 Å². The van der Waals surface area contributed by atoms with Gasteiger partial charge in [-0.2, -0.15) is 13.8 Å². The number of anilines is 1. The van der Waals surface area contributed by atoms with Crippen molar-refractivity contribution in [3.05, 3.63) is 36.0 Å². The van der Waals surface area contributed by atoms with Crippen LogP contribution in [-0.4, -0.2) is 55.4 Å². The zero-order valence-electron chi connectivity index (χ0n) is 14.5. The van der Waals surface area contributed by atoms with E-state index in [0.717, 1.165) is 31.9 Å². The van der Waals surface area contributed by atoms with Crippen LogP contribution in [0.5, 0.6) is 0 Å². The molecule has 0 radical (unpaired) electrons. The van der Waals surface area contributed by atoms with Gasteiger partial charge in [0.15, 0.2) is 5.82 Å². The number of hydrogen-bond donors (Lipinski definition) is 0. The lowest BCUT2D eigenvalue weighted by molar-refractivity contribution is 0.164. The molecule has 0 N–H and O–H groups in total. The molecule has 2 heterocycles. The van der Waals surface area contributed by atoms with Crippen LogP contribution in [0.25, 0.3) is 0 Å². The molecule has 1 aliphatic rings. The molecule has 0 aliphatic carbocycles. The van der Waals surface area contributed by atoms with Gasteiger partial charge >= 0.3 is 5.76 Å². The largest absolute Gasteiger partial charge is 0.369 e. The molecule has 3 rings (SSSR count). The number of piperazine rings is 1. The average molecular weight is 386 g/mol. The second-order valence-electron chi connectivity index (χ2n) is 6.18. The molecule has 1 unspecified atom stereocenters. The highest BCUT2D eigenvalue weighted by Crippen LogP contribution is 2.25. The Hall–Kier alpha value is -2.07. The average Bonchev–Trinajstić information content (AvgIpc) is 3.07. The molecular formula is C16H20F2N4O3S. The van der Waals surface area contributed by atoms with E-state index in [4.69, 9.17) is 4.52 Å². The van der Waals surface area contributed by atoms with Crippen LogP contribution in [-0.2, 0) is 9.84 Å². The van der Waals surface area contributed by atoms with Gasteiger partial charge in [0.05, 0.1) is 10.9 Å². The van der Waals surface area contributed by atoms with Crippen LogP contribution in [0.4, 0.5) is 14.5 Å². The van der Waals surface area contributed by atoms with Gasteiger partial charge in [0.25, 0.3) is 0 Å². The Morgan fingerprint density at radius 2 is 1.73 bits per heavy atom. The second-order valence-corrected chi connectivity index (χ2v) is 8.10. The predicted octanol–water partition coefficient (Wildman–Crippen LogP) is 2.26. The van der Waals surface area contributed by atoms with Crippen molar-refractivity contribution in [2.24, 2.45) is 0 Å². The summed E-state index contributed by atoms with van der Waals surface area (Å²) in [6.45, 7) is 6.75. The number of alkyl halides is 2. The molecule has 2 aromatic rings. The lowest BCUT2D eigenvalue weighted by Crippen LogP contribution is -2.47. The van der Waals surface area contributed by atoms with E-state index in [2.05, 4.69) is 19.9 Å². The molecule has 1 aliphatic heterocycles. The third-order valence-electron chi connectivity index (χ3n) is 4.53. The summed E-state index contributed by atoms with van der Waals surface area (Å²) in [6, 6.07) is 5.60. The van der Waals surface area contributed by atoms with Crippen LogP contribution in [0.3, 0.4) is 0 Å². The van der Waals surface area contributed by atoms with Crippen molar-refractivity contribution in [2.75, 3.05) is 31.1 Å². The first-order valence-electron chi connectivity index (χ1n) is 8.20. The van der Waals surface area contributed by atoms with E-state index in [1.807, 2.05) is 6.92 Å². The summed E-state index contributed by atoms with van der Waals surface area (Å²) >= 11 is 0. The molecule has 10 heteroatoms. The molecule has 1 fully saturated rings. The minimum Gasteiger partial charge on any atom is -0.369 e. The zero-order valence-corrected chi connectivity index (χ0v) is 15.3. The SMILES string of the molecule is Cc1noc(C(C)N2CCN(c3ccc(S(=O)(=O)C(F)F)cc3)CC2)n1. The van der Waals surface area contributed by atoms with E-state index in [1.165, 1.54) is 12.1 Å². The third kappa shape index (κ3) is 3.70. The highest BCUT2D eigenvalue weighted by molar-refractivity contribution is 7.91. The Balaban J connectivity index is 1.63. The molecule has 142 valence electrons. The molecule has 0 bridgehead atoms. The number of hydrogen-bond acceptors (Lipinski definition) is 7. The first-order chi connectivity index (χ1) is 12.3. The Morgan fingerprint density at radius 1 is 1.12 bits per heavy atom. The summed E-state index contributed by atoms with van der Waals surface area (Å²) in [5, 5.41) is 3.81. The number of nitrogens with zero attached hydrogens (tertiary/aromatic N) is 4. The van der Waals surface area contributed by atoms with Crippen molar-refractivity contribution in [2.45, 2.75) is 30.5 Å². The van der Waals surface area contributed by atoms with Gasteiger partial charge in [-0.1, -0.05) is 5.16 Å². The van der Waals surface area contributed by atoms with Gasteiger partial charge in [0.1, 0.15) is 0 Å². The molecule has 1 aromatic carbocycles. The molecule has 0 saturated carbocycles. The molecule has 1 saturated heterocycles. The first-order valence-corrected chi connectivity index (χ1v) is 9.75. The van der Waals surface area contributed by atoms with E-state index in [-0.39, 0.29) is 10.9 Å². The fraction of sp³-hybridized carbons (Fsp3) is 0.500. The maximum atomic E-state index is 12.6. The first kappa shape index (κ1) is 18.7. The fourth-order valence-electron chi connectivity index (χ4n) is 2.96. The Bertz CT molecular complexity index is 847. The van der Waals surface area contributed by atoms with E-state index >= 15 is 0 Å². The van der Waals surface area contributed by atoms with Crippen molar-refractivity contribution < 1.29 is 21.7 Å².